The normalized spacial score (nSPS) is 12.0. The zero-order chi connectivity index (χ0) is 99.5. The van der Waals surface area contributed by atoms with Gasteiger partial charge in [0.2, 0.25) is 40.0 Å². The van der Waals surface area contributed by atoms with E-state index in [9.17, 15) is 43.9 Å². The number of nitro groups is 3. The van der Waals surface area contributed by atoms with Gasteiger partial charge in [0.25, 0.3) is 5.69 Å². The van der Waals surface area contributed by atoms with Crippen LogP contribution in [-0.2, 0) is 30.5 Å². The average Bonchev–Trinajstić information content (AvgIpc) is 1.78. The largest absolute Gasteiger partial charge is 0.494 e. The maximum atomic E-state index is 13.8. The number of unbranched alkanes of at least 4 members (excludes halogenated alkanes) is 1. The lowest BCUT2D eigenvalue weighted by molar-refractivity contribution is -0.387. The summed E-state index contributed by atoms with van der Waals surface area (Å²) in [4.78, 5) is 94.5. The van der Waals surface area contributed by atoms with Crippen LogP contribution in [0.25, 0.3) is 0 Å². The molecule has 8 heterocycles. The standard InChI is InChI=1S/C24H29N7O3.C24H31N7O.C19H16FN5O3.C12H10ClN3.C7H7FN2O3.C6H15N.C3H3ClO.CH4O/c1-28(2)13-14-29(3)20-16-22(34-4)18(15-21(20)31(32)33)26-24-25-11-9-23(27-24)30-12-10-17-7-5-6-8-19(17)30;1-29(2)13-14-30(3)21-16-22(32-4)19(15-18(21)25)27-24-26-11-9-23(28-24)31-12-10-17-7-5-6-8-20(17)31;1-28-17-10-13(20)16(25(26)27)11-14(17)22-19-21-8-6-18(23-19)24-9-7-12-4-2-3-5-15(12)24;13-12-14-7-5-11(15-12)16-8-6-9-3-1-2-4-10(9)16;1-13-7-2-4(8)6(10(11)12)3-5(7)9;1-4-5-6-7(2)3;1-2-3(4)5;1-2/h5-9,11,15-16H,10,12-14H2,1-4H3,(H,25,26,27);5-9,11,15-16H,10,12-14,25H2,1-4H3,(H,26,27,28);2-6,8,10-11H,7,9H2,1H3,(H,21,22,23);1-5,7H,6,8H2;2-3H,9H2,1H3;4-6H2,1-3H3;2H,1H2;2H,1H3. The lowest BCUT2D eigenvalue weighted by atomic mass is 10.2. The smallest absolute Gasteiger partial charge is 0.307 e. The van der Waals surface area contributed by atoms with Crippen molar-refractivity contribution in [2.45, 2.75) is 45.4 Å². The number of aliphatic hydroxyl groups excluding tert-OH is 1. The second-order valence-electron chi connectivity index (χ2n) is 31.5. The Labute approximate surface area is 804 Å². The fraction of sp³-hybridized carbons (Fsp3) is 0.302. The third-order valence-corrected chi connectivity index (χ3v) is 21.8. The van der Waals surface area contributed by atoms with E-state index in [0.717, 1.165) is 149 Å². The maximum absolute atomic E-state index is 13.8. The molecule has 8 N–H and O–H groups in total. The number of carbonyl (C=O) groups is 1. The first-order chi connectivity index (χ1) is 65.8. The molecule has 4 aliphatic rings. The summed E-state index contributed by atoms with van der Waals surface area (Å²) in [5.74, 6) is 3.66. The number of methoxy groups -OCH3 is 4. The van der Waals surface area contributed by atoms with Crippen molar-refractivity contribution < 1.29 is 52.4 Å². The molecule has 4 aliphatic heterocycles. The molecule has 0 spiro atoms. The number of nitrogen functional groups attached to an aromatic ring is 2. The van der Waals surface area contributed by atoms with Crippen LogP contribution in [0.4, 0.5) is 130 Å². The SMILES string of the molecule is C=CC(=O)Cl.CCCCN(C)C.CO.COc1cc(F)c([N+](=O)[O-])cc1N.COc1cc(F)c([N+](=O)[O-])cc1Nc1nccc(N2CCc3ccccc32)n1.COc1cc(N(C)CCN(C)C)c(N)cc1Nc1nccc(N2CCc3ccccc32)n1.COc1cc(N(C)CCN(C)C)c([N+](=O)[O-])cc1Nc1nccc(N2CCc3ccccc32)n1.Clc1nccc(N2CCc3ccccc32)n1. The molecule has 37 nitrogen and oxygen atoms in total. The molecule has 0 aliphatic carbocycles. The number of nitrogens with two attached hydrogens (primary N) is 2. The predicted molar refractivity (Wildman–Crippen MR) is 539 cm³/mol. The van der Waals surface area contributed by atoms with E-state index in [1.165, 1.54) is 80.4 Å². The second-order valence-corrected chi connectivity index (χ2v) is 32.2. The van der Waals surface area contributed by atoms with Crippen LogP contribution in [0, 0.1) is 42.0 Å². The highest BCUT2D eigenvalue weighted by molar-refractivity contribution is 6.66. The van der Waals surface area contributed by atoms with E-state index in [0.29, 0.717) is 58.1 Å². The van der Waals surface area contributed by atoms with Crippen molar-refractivity contribution in [1.29, 1.82) is 0 Å². The number of hydrogen-bond acceptors (Lipinski definition) is 34. The van der Waals surface area contributed by atoms with E-state index in [2.05, 4.69) is 192 Å². The number of aromatic nitrogens is 8. The van der Waals surface area contributed by atoms with E-state index in [1.807, 2.05) is 105 Å². The number of fused-ring (bicyclic) bond motifs is 4. The summed E-state index contributed by atoms with van der Waals surface area (Å²) in [7, 11) is 23.0. The Morgan fingerprint density at radius 2 is 0.766 bits per heavy atom. The van der Waals surface area contributed by atoms with Gasteiger partial charge in [0.15, 0.2) is 0 Å². The summed E-state index contributed by atoms with van der Waals surface area (Å²) in [6.07, 6.45) is 14.3. The van der Waals surface area contributed by atoms with Crippen molar-refractivity contribution in [2.75, 3.05) is 208 Å². The molecule has 0 saturated heterocycles. The molecule has 0 amide bonds. The predicted octanol–water partition coefficient (Wildman–Crippen LogP) is 17.3. The first-order valence-corrected chi connectivity index (χ1v) is 44.1. The first kappa shape index (κ1) is 106. The number of halogens is 4. The summed E-state index contributed by atoms with van der Waals surface area (Å²) >= 11 is 10.5. The molecular weight excluding hydrogens is 1800 g/mol. The number of carbonyl (C=O) groups excluding carboxylic acids is 1. The second kappa shape index (κ2) is 52.0. The number of likely N-dealkylation sites (N-methyl/N-ethyl adjacent to an activating group) is 4. The quantitative estimate of drug-likeness (QED) is 0.00633. The minimum absolute atomic E-state index is 0.0193. The highest BCUT2D eigenvalue weighted by atomic mass is 35.5. The molecule has 0 bridgehead atoms. The van der Waals surface area contributed by atoms with Crippen LogP contribution in [0.1, 0.15) is 42.0 Å². The lowest BCUT2D eigenvalue weighted by Crippen LogP contribution is -2.29. The van der Waals surface area contributed by atoms with E-state index >= 15 is 0 Å². The Hall–Kier alpha value is -15.0. The van der Waals surface area contributed by atoms with Gasteiger partial charge in [-0.1, -0.05) is 92.7 Å². The number of para-hydroxylation sites is 4. The van der Waals surface area contributed by atoms with Gasteiger partial charge >= 0.3 is 11.4 Å². The average molecular weight is 1920 g/mol. The van der Waals surface area contributed by atoms with Gasteiger partial charge in [-0.15, -0.1) is 0 Å². The number of ether oxygens (including phenoxy) is 4. The van der Waals surface area contributed by atoms with Gasteiger partial charge in [-0.2, -0.15) is 23.7 Å². The van der Waals surface area contributed by atoms with Crippen molar-refractivity contribution in [3.63, 3.8) is 0 Å². The number of anilines is 18. The minimum Gasteiger partial charge on any atom is -0.494 e. The molecule has 0 atom stereocenters. The molecule has 724 valence electrons. The van der Waals surface area contributed by atoms with Gasteiger partial charge in [0.1, 0.15) is 52.0 Å². The van der Waals surface area contributed by atoms with E-state index in [-0.39, 0.29) is 39.4 Å². The summed E-state index contributed by atoms with van der Waals surface area (Å²) in [6, 6.07) is 51.4. The molecule has 0 fully saturated rings. The number of hydrogen-bond donors (Lipinski definition) is 6. The van der Waals surface area contributed by atoms with Crippen LogP contribution in [0.15, 0.2) is 207 Å². The number of aliphatic hydroxyl groups is 1. The van der Waals surface area contributed by atoms with Gasteiger partial charge < -0.3 is 95.6 Å². The Morgan fingerprint density at radius 1 is 0.453 bits per heavy atom. The van der Waals surface area contributed by atoms with E-state index in [1.54, 1.807) is 44.0 Å². The van der Waals surface area contributed by atoms with Crippen LogP contribution >= 0.6 is 23.2 Å². The fourth-order valence-electron chi connectivity index (χ4n) is 14.5. The summed E-state index contributed by atoms with van der Waals surface area (Å²) in [5, 5.41) is 49.2. The van der Waals surface area contributed by atoms with Crippen molar-refractivity contribution in [2.24, 2.45) is 0 Å². The number of nitro benzene ring substituents is 3. The Morgan fingerprint density at radius 3 is 1.10 bits per heavy atom. The Bertz CT molecular complexity index is 6080. The van der Waals surface area contributed by atoms with Crippen LogP contribution in [0.2, 0.25) is 5.28 Å². The van der Waals surface area contributed by atoms with Gasteiger partial charge in [-0.3, -0.25) is 35.1 Å². The number of allylic oxidation sites excluding steroid dienone is 1. The van der Waals surface area contributed by atoms with Gasteiger partial charge in [-0.25, -0.2) is 24.9 Å². The van der Waals surface area contributed by atoms with Crippen molar-refractivity contribution in [3.05, 3.63) is 277 Å². The van der Waals surface area contributed by atoms with Gasteiger partial charge in [-0.05, 0) is 187 Å². The first-order valence-electron chi connectivity index (χ1n) is 43.3. The van der Waals surface area contributed by atoms with Crippen molar-refractivity contribution in [3.8, 4) is 23.0 Å². The fourth-order valence-corrected chi connectivity index (χ4v) is 14.7. The molecule has 0 radical (unpaired) electrons. The van der Waals surface area contributed by atoms with Crippen molar-refractivity contribution >= 4 is 149 Å². The van der Waals surface area contributed by atoms with Crippen molar-refractivity contribution in [1.82, 2.24) is 54.6 Å². The number of rotatable bonds is 29. The van der Waals surface area contributed by atoms with E-state index in [4.69, 9.17) is 59.0 Å². The third kappa shape index (κ3) is 29.5. The molecule has 4 aromatic heterocycles. The van der Waals surface area contributed by atoms with Gasteiger partial charge in [0, 0.05) is 164 Å². The minimum atomic E-state index is -0.976. The zero-order valence-corrected chi connectivity index (χ0v) is 80.4. The summed E-state index contributed by atoms with van der Waals surface area (Å²) in [6.45, 7) is 13.2. The summed E-state index contributed by atoms with van der Waals surface area (Å²) < 4.78 is 47.7. The molecule has 137 heavy (non-hydrogen) atoms. The maximum Gasteiger partial charge on any atom is 0.307 e. The molecule has 12 aromatic rings. The molecule has 41 heteroatoms. The molecule has 0 unspecified atom stereocenters. The topological polar surface area (TPSA) is 424 Å². The van der Waals surface area contributed by atoms with E-state index < -0.39 is 38.1 Å². The Kier molecular flexibility index (Phi) is 40.1. The Balaban J connectivity index is 0.000000191. The third-order valence-electron chi connectivity index (χ3n) is 21.4. The summed E-state index contributed by atoms with van der Waals surface area (Å²) in [5.41, 5.74) is 23.7. The molecule has 0 saturated carbocycles. The number of benzene rings is 8. The van der Waals surface area contributed by atoms with Crippen LogP contribution in [0.5, 0.6) is 23.0 Å². The zero-order valence-electron chi connectivity index (χ0n) is 78.9. The highest BCUT2D eigenvalue weighted by Crippen LogP contribution is 2.44. The molecular formula is C96H115Cl2F2N25O12. The lowest BCUT2D eigenvalue weighted by Gasteiger charge is -2.24. The molecule has 8 aromatic carbocycles. The van der Waals surface area contributed by atoms with Crippen LogP contribution in [0.3, 0.4) is 0 Å². The highest BCUT2D eigenvalue weighted by Gasteiger charge is 2.29. The number of nitrogens with zero attached hydrogens (tertiary/aromatic N) is 20. The number of nitrogens with one attached hydrogen (secondary N) is 3. The van der Waals surface area contributed by atoms with Gasteiger partial charge in [0.05, 0.1) is 77.3 Å². The van der Waals surface area contributed by atoms with Crippen LogP contribution < -0.4 is 75.8 Å². The monoisotopic (exact) mass is 1920 g/mol. The van der Waals surface area contributed by atoms with Crippen LogP contribution in [-0.4, -0.2) is 231 Å². The molecule has 16 rings (SSSR count).